The molecule has 2 nitrogen and oxygen atoms in total. The van der Waals surface area contributed by atoms with Crippen LogP contribution in [-0.2, 0) is 0 Å². The minimum absolute atomic E-state index is 0.567. The van der Waals surface area contributed by atoms with Crippen molar-refractivity contribution in [3.63, 3.8) is 0 Å². The Morgan fingerprint density at radius 1 is 1.16 bits per heavy atom. The summed E-state index contributed by atoms with van der Waals surface area (Å²) in [5.41, 5.74) is 0.903. The van der Waals surface area contributed by atoms with Crippen LogP contribution in [0.15, 0.2) is 58.3 Å². The zero-order chi connectivity index (χ0) is 13.7. The number of halogens is 1. The van der Waals surface area contributed by atoms with E-state index >= 15 is 0 Å². The topological polar surface area (TPSA) is 24.1 Å². The molecule has 0 spiro atoms. The van der Waals surface area contributed by atoms with Gasteiger partial charge in [0.25, 0.3) is 0 Å². The molecule has 0 heterocycles. The summed E-state index contributed by atoms with van der Waals surface area (Å²) in [6.07, 6.45) is 0. The lowest BCUT2D eigenvalue weighted by Gasteiger charge is -2.12. The molecule has 0 aliphatic carbocycles. The zero-order valence-corrected chi connectivity index (χ0v) is 12.7. The van der Waals surface area contributed by atoms with Crippen LogP contribution in [0, 0.1) is 0 Å². The summed E-state index contributed by atoms with van der Waals surface area (Å²) in [7, 11) is 1.78. The minimum atomic E-state index is 0.567. The van der Waals surface area contributed by atoms with Crippen molar-refractivity contribution in [1.29, 1.82) is 0 Å². The van der Waals surface area contributed by atoms with Crippen LogP contribution in [0.25, 0.3) is 0 Å². The average molecular weight is 309 g/mol. The molecule has 0 saturated heterocycles. The lowest BCUT2D eigenvalue weighted by atomic mass is 10.3. The highest BCUT2D eigenvalue weighted by atomic mass is 35.5. The normalized spacial score (nSPS) is 10.0. The van der Waals surface area contributed by atoms with Crippen molar-refractivity contribution in [2.24, 2.45) is 0 Å². The molecule has 0 amide bonds. The summed E-state index contributed by atoms with van der Waals surface area (Å²) < 4.78 is 0. The predicted molar refractivity (Wildman–Crippen MR) is 87.3 cm³/mol. The highest BCUT2D eigenvalue weighted by Gasteiger charge is 2.06. The van der Waals surface area contributed by atoms with Crippen LogP contribution in [0.1, 0.15) is 0 Å². The summed E-state index contributed by atoms with van der Waals surface area (Å²) in [5, 5.41) is 7.27. The van der Waals surface area contributed by atoms with Gasteiger partial charge in [-0.3, -0.25) is 0 Å². The van der Waals surface area contributed by atoms with E-state index in [0.717, 1.165) is 10.6 Å². The molecule has 0 aromatic heterocycles. The second-order valence-corrected chi connectivity index (χ2v) is 5.72. The van der Waals surface area contributed by atoms with Crippen LogP contribution in [0.3, 0.4) is 0 Å². The molecule has 0 aliphatic rings. The first-order chi connectivity index (χ1) is 9.19. The molecule has 0 saturated carbocycles. The smallest absolute Gasteiger partial charge is 0.170 e. The van der Waals surface area contributed by atoms with Gasteiger partial charge < -0.3 is 10.6 Å². The van der Waals surface area contributed by atoms with Crippen molar-refractivity contribution in [1.82, 2.24) is 5.32 Å². The molecular weight excluding hydrogens is 296 g/mol. The van der Waals surface area contributed by atoms with Gasteiger partial charge in [0.15, 0.2) is 5.11 Å². The maximum atomic E-state index is 6.03. The fourth-order valence-corrected chi connectivity index (χ4v) is 2.67. The van der Waals surface area contributed by atoms with E-state index in [9.17, 15) is 0 Å². The van der Waals surface area contributed by atoms with Gasteiger partial charge in [0.1, 0.15) is 0 Å². The van der Waals surface area contributed by atoms with E-state index in [2.05, 4.69) is 22.8 Å². The molecular formula is C14H13ClN2S2. The first-order valence-corrected chi connectivity index (χ1v) is 7.30. The van der Waals surface area contributed by atoms with Crippen molar-refractivity contribution < 1.29 is 0 Å². The third-order valence-corrected chi connectivity index (χ3v) is 4.01. The standard InChI is InChI=1S/C14H13ClN2S2/c1-16-14(18)17-12-9-10(15)7-8-13(12)19-11-5-3-2-4-6-11/h2-9H,1H3,(H2,16,17,18). The number of benzene rings is 2. The van der Waals surface area contributed by atoms with Crippen molar-refractivity contribution in [3.8, 4) is 0 Å². The number of nitrogens with one attached hydrogen (secondary N) is 2. The van der Waals surface area contributed by atoms with Crippen LogP contribution in [0.2, 0.25) is 5.02 Å². The third-order valence-electron chi connectivity index (χ3n) is 2.39. The predicted octanol–water partition coefficient (Wildman–Crippen LogP) is 4.41. The fourth-order valence-electron chi connectivity index (χ4n) is 1.49. The molecule has 2 aromatic carbocycles. The summed E-state index contributed by atoms with van der Waals surface area (Å²) in [5.74, 6) is 0. The lowest BCUT2D eigenvalue weighted by molar-refractivity contribution is 1.19. The highest BCUT2D eigenvalue weighted by molar-refractivity contribution is 7.99. The molecule has 5 heteroatoms. The van der Waals surface area contributed by atoms with Crippen LogP contribution in [-0.4, -0.2) is 12.2 Å². The fraction of sp³-hybridized carbons (Fsp3) is 0.0714. The van der Waals surface area contributed by atoms with E-state index in [0.29, 0.717) is 10.1 Å². The number of rotatable bonds is 3. The van der Waals surface area contributed by atoms with Gasteiger partial charge in [-0.05, 0) is 42.5 Å². The first-order valence-electron chi connectivity index (χ1n) is 5.70. The molecule has 2 aromatic rings. The van der Waals surface area contributed by atoms with Gasteiger partial charge in [-0.25, -0.2) is 0 Å². The van der Waals surface area contributed by atoms with E-state index in [1.165, 1.54) is 4.90 Å². The van der Waals surface area contributed by atoms with Gasteiger partial charge in [0, 0.05) is 21.9 Å². The second-order valence-electron chi connectivity index (χ2n) is 3.76. The van der Waals surface area contributed by atoms with Crippen LogP contribution in [0.4, 0.5) is 5.69 Å². The molecule has 98 valence electrons. The minimum Gasteiger partial charge on any atom is -0.366 e. The maximum absolute atomic E-state index is 6.03. The third kappa shape index (κ3) is 4.13. The van der Waals surface area contributed by atoms with Gasteiger partial charge in [0.2, 0.25) is 0 Å². The van der Waals surface area contributed by atoms with Gasteiger partial charge >= 0.3 is 0 Å². The average Bonchev–Trinajstić information content (AvgIpc) is 2.43. The Morgan fingerprint density at radius 2 is 1.89 bits per heavy atom. The van der Waals surface area contributed by atoms with E-state index < -0.39 is 0 Å². The second kappa shape index (κ2) is 6.80. The van der Waals surface area contributed by atoms with E-state index in [1.807, 2.05) is 36.4 Å². The van der Waals surface area contributed by atoms with Crippen molar-refractivity contribution in [3.05, 3.63) is 53.6 Å². The Bertz CT molecular complexity index is 573. The van der Waals surface area contributed by atoms with Gasteiger partial charge in [-0.1, -0.05) is 41.6 Å². The monoisotopic (exact) mass is 308 g/mol. The summed E-state index contributed by atoms with van der Waals surface area (Å²) >= 11 is 12.8. The van der Waals surface area contributed by atoms with Gasteiger partial charge in [-0.15, -0.1) is 0 Å². The van der Waals surface area contributed by atoms with E-state index in [4.69, 9.17) is 23.8 Å². The molecule has 0 atom stereocenters. The Labute approximate surface area is 127 Å². The molecule has 2 rings (SSSR count). The Kier molecular flexibility index (Phi) is 5.07. The molecule has 2 N–H and O–H groups in total. The molecule has 0 aliphatic heterocycles. The SMILES string of the molecule is CNC(=S)Nc1cc(Cl)ccc1Sc1ccccc1. The largest absolute Gasteiger partial charge is 0.366 e. The van der Waals surface area contributed by atoms with Crippen molar-refractivity contribution in [2.75, 3.05) is 12.4 Å². The summed E-state index contributed by atoms with van der Waals surface area (Å²) in [6, 6.07) is 15.9. The van der Waals surface area contributed by atoms with Crippen LogP contribution in [0.5, 0.6) is 0 Å². The number of hydrogen-bond acceptors (Lipinski definition) is 2. The highest BCUT2D eigenvalue weighted by Crippen LogP contribution is 2.34. The maximum Gasteiger partial charge on any atom is 0.170 e. The Hall–Kier alpha value is -1.23. The van der Waals surface area contributed by atoms with Crippen LogP contribution < -0.4 is 10.6 Å². The summed E-state index contributed by atoms with van der Waals surface area (Å²) in [6.45, 7) is 0. The molecule has 0 bridgehead atoms. The Morgan fingerprint density at radius 3 is 2.58 bits per heavy atom. The van der Waals surface area contributed by atoms with Gasteiger partial charge in [-0.2, -0.15) is 0 Å². The van der Waals surface area contributed by atoms with E-state index in [-0.39, 0.29) is 0 Å². The molecule has 19 heavy (non-hydrogen) atoms. The molecule has 0 radical (unpaired) electrons. The lowest BCUT2D eigenvalue weighted by Crippen LogP contribution is -2.24. The van der Waals surface area contributed by atoms with Crippen LogP contribution >= 0.6 is 35.6 Å². The first kappa shape index (κ1) is 14.2. The number of anilines is 1. The quantitative estimate of drug-likeness (QED) is 0.820. The van der Waals surface area contributed by atoms with Crippen molar-refractivity contribution >= 4 is 46.4 Å². The Balaban J connectivity index is 2.26. The van der Waals surface area contributed by atoms with Gasteiger partial charge in [0.05, 0.1) is 5.69 Å². The number of thiocarbonyl (C=S) groups is 1. The van der Waals surface area contributed by atoms with Crippen molar-refractivity contribution in [2.45, 2.75) is 9.79 Å². The molecule has 0 unspecified atom stereocenters. The van der Waals surface area contributed by atoms with E-state index in [1.54, 1.807) is 18.8 Å². The molecule has 0 fully saturated rings. The zero-order valence-electron chi connectivity index (χ0n) is 10.3. The number of hydrogen-bond donors (Lipinski definition) is 2. The summed E-state index contributed by atoms with van der Waals surface area (Å²) in [4.78, 5) is 2.25.